The Morgan fingerprint density at radius 1 is 1.33 bits per heavy atom. The Bertz CT molecular complexity index is 1100. The molecule has 0 fully saturated rings. The van der Waals surface area contributed by atoms with Crippen LogP contribution in [0, 0.1) is 10.1 Å². The van der Waals surface area contributed by atoms with E-state index in [2.05, 4.69) is 15.6 Å². The van der Waals surface area contributed by atoms with E-state index in [4.69, 9.17) is 4.42 Å². The van der Waals surface area contributed by atoms with Crippen LogP contribution in [0.25, 0.3) is 10.8 Å². The van der Waals surface area contributed by atoms with Crippen LogP contribution in [0.2, 0.25) is 0 Å². The molecule has 0 saturated carbocycles. The van der Waals surface area contributed by atoms with Gasteiger partial charge < -0.3 is 4.42 Å². The van der Waals surface area contributed by atoms with Gasteiger partial charge in [0.15, 0.2) is 11.5 Å². The molecule has 10 nitrogen and oxygen atoms in total. The average molecular weight is 369 g/mol. The number of nitrogens with zero attached hydrogens (tertiary/aromatic N) is 4. The quantitative estimate of drug-likeness (QED) is 0.402. The summed E-state index contributed by atoms with van der Waals surface area (Å²) in [5, 5.41) is 19.3. The van der Waals surface area contributed by atoms with Crippen molar-refractivity contribution in [3.8, 4) is 0 Å². The van der Waals surface area contributed by atoms with Crippen molar-refractivity contribution in [2.45, 2.75) is 19.9 Å². The van der Waals surface area contributed by atoms with Gasteiger partial charge in [0.05, 0.1) is 17.7 Å². The molecule has 3 aromatic rings. The first-order valence-electron chi connectivity index (χ1n) is 8.08. The third-order valence-corrected chi connectivity index (χ3v) is 3.67. The molecular weight excluding hydrogens is 354 g/mol. The third kappa shape index (κ3) is 3.73. The van der Waals surface area contributed by atoms with Gasteiger partial charge in [0.25, 0.3) is 11.5 Å². The Hall–Kier alpha value is -3.82. The second-order valence-corrected chi connectivity index (χ2v) is 5.55. The van der Waals surface area contributed by atoms with E-state index in [9.17, 15) is 19.7 Å². The summed E-state index contributed by atoms with van der Waals surface area (Å²) in [4.78, 5) is 34.8. The molecule has 0 saturated heterocycles. The molecule has 1 amide bonds. The Balaban J connectivity index is 1.88. The van der Waals surface area contributed by atoms with Crippen molar-refractivity contribution in [3.05, 3.63) is 68.3 Å². The van der Waals surface area contributed by atoms with E-state index in [-0.39, 0.29) is 17.0 Å². The smallest absolute Gasteiger partial charge is 0.400 e. The molecule has 0 spiro atoms. The number of fused-ring (bicyclic) bond motifs is 1. The highest BCUT2D eigenvalue weighted by atomic mass is 16.6. The van der Waals surface area contributed by atoms with E-state index in [1.165, 1.54) is 16.8 Å². The van der Waals surface area contributed by atoms with Crippen LogP contribution in [-0.4, -0.2) is 26.8 Å². The summed E-state index contributed by atoms with van der Waals surface area (Å²) in [5.41, 5.74) is 2.08. The number of rotatable bonds is 6. The van der Waals surface area contributed by atoms with Crippen molar-refractivity contribution >= 4 is 28.8 Å². The number of hydrogen-bond donors (Lipinski definition) is 1. The van der Waals surface area contributed by atoms with Crippen LogP contribution in [0.15, 0.2) is 50.7 Å². The predicted octanol–water partition coefficient (Wildman–Crippen LogP) is 2.07. The molecular formula is C17H15N5O5. The van der Waals surface area contributed by atoms with Crippen molar-refractivity contribution in [2.75, 3.05) is 0 Å². The van der Waals surface area contributed by atoms with Crippen LogP contribution < -0.4 is 11.0 Å². The Kier molecular flexibility index (Phi) is 5.06. The lowest BCUT2D eigenvalue weighted by molar-refractivity contribution is -0.402. The summed E-state index contributed by atoms with van der Waals surface area (Å²) in [6.07, 6.45) is 1.82. The number of benzene rings is 1. The molecule has 0 atom stereocenters. The third-order valence-electron chi connectivity index (χ3n) is 3.67. The maximum absolute atomic E-state index is 12.5. The molecule has 2 heterocycles. The zero-order chi connectivity index (χ0) is 19.4. The van der Waals surface area contributed by atoms with Crippen LogP contribution in [0.1, 0.15) is 29.6 Å². The summed E-state index contributed by atoms with van der Waals surface area (Å²) in [7, 11) is 0. The number of aromatic nitrogens is 2. The molecule has 1 N–H and O–H groups in total. The maximum atomic E-state index is 12.5. The SMILES string of the molecule is CCCn1nc(C(=O)N/N=C\c2ccc([N+](=O)[O-])o2)c2ccccc2c1=O. The fourth-order valence-corrected chi connectivity index (χ4v) is 2.48. The second kappa shape index (κ2) is 7.60. The van der Waals surface area contributed by atoms with Gasteiger partial charge >= 0.3 is 5.88 Å². The van der Waals surface area contributed by atoms with E-state index >= 15 is 0 Å². The van der Waals surface area contributed by atoms with E-state index < -0.39 is 16.7 Å². The molecule has 1 aromatic carbocycles. The van der Waals surface area contributed by atoms with Crippen LogP contribution >= 0.6 is 0 Å². The lowest BCUT2D eigenvalue weighted by Crippen LogP contribution is -2.29. The standard InChI is InChI=1S/C17H15N5O5/c1-2-9-21-17(24)13-6-4-3-5-12(13)15(20-21)16(23)19-18-10-11-7-8-14(27-11)22(25)26/h3-8,10H,2,9H2,1H3,(H,19,23)/b18-10-. The highest BCUT2D eigenvalue weighted by Crippen LogP contribution is 2.15. The van der Waals surface area contributed by atoms with Crippen LogP contribution in [0.4, 0.5) is 5.88 Å². The average Bonchev–Trinajstić information content (AvgIpc) is 3.13. The summed E-state index contributed by atoms with van der Waals surface area (Å²) in [5.74, 6) is -0.939. The number of aryl methyl sites for hydroxylation is 1. The normalized spacial score (nSPS) is 11.1. The minimum Gasteiger partial charge on any atom is -0.400 e. The highest BCUT2D eigenvalue weighted by Gasteiger charge is 2.16. The number of hydrazone groups is 1. The molecule has 0 unspecified atom stereocenters. The van der Waals surface area contributed by atoms with Crippen LogP contribution in [-0.2, 0) is 6.54 Å². The first-order valence-corrected chi connectivity index (χ1v) is 8.08. The summed E-state index contributed by atoms with van der Waals surface area (Å²) < 4.78 is 6.16. The zero-order valence-corrected chi connectivity index (χ0v) is 14.3. The number of nitro groups is 1. The van der Waals surface area contributed by atoms with Gasteiger partial charge in [-0.25, -0.2) is 10.1 Å². The summed E-state index contributed by atoms with van der Waals surface area (Å²) in [6.45, 7) is 2.28. The Morgan fingerprint density at radius 3 is 2.74 bits per heavy atom. The molecule has 3 rings (SSSR count). The van der Waals surface area contributed by atoms with Crippen LogP contribution in [0.3, 0.4) is 0 Å². The molecule has 2 aromatic heterocycles. The second-order valence-electron chi connectivity index (χ2n) is 5.55. The first-order chi connectivity index (χ1) is 13.0. The van der Waals surface area contributed by atoms with Gasteiger partial charge in [-0.15, -0.1) is 0 Å². The first kappa shape index (κ1) is 18.0. The van der Waals surface area contributed by atoms with Gasteiger partial charge in [0.2, 0.25) is 0 Å². The number of carbonyl (C=O) groups excluding carboxylic acids is 1. The number of nitrogens with one attached hydrogen (secondary N) is 1. The van der Waals surface area contributed by atoms with Gasteiger partial charge in [-0.2, -0.15) is 10.2 Å². The number of carbonyl (C=O) groups is 1. The summed E-state index contributed by atoms with van der Waals surface area (Å²) >= 11 is 0. The Morgan fingerprint density at radius 2 is 2.07 bits per heavy atom. The Labute approximate surface area is 152 Å². The fraction of sp³-hybridized carbons (Fsp3) is 0.176. The maximum Gasteiger partial charge on any atom is 0.433 e. The molecule has 0 radical (unpaired) electrons. The van der Waals surface area contributed by atoms with Crippen molar-refractivity contribution in [2.24, 2.45) is 5.10 Å². The van der Waals surface area contributed by atoms with Gasteiger partial charge in [-0.05, 0) is 18.6 Å². The van der Waals surface area contributed by atoms with E-state index in [0.717, 1.165) is 6.21 Å². The molecule has 0 aliphatic carbocycles. The van der Waals surface area contributed by atoms with Crippen LogP contribution in [0.5, 0.6) is 0 Å². The molecule has 10 heteroatoms. The number of hydrogen-bond acceptors (Lipinski definition) is 7. The van der Waals surface area contributed by atoms with E-state index in [1.807, 2.05) is 6.92 Å². The van der Waals surface area contributed by atoms with Gasteiger partial charge in [0.1, 0.15) is 4.92 Å². The zero-order valence-electron chi connectivity index (χ0n) is 14.3. The van der Waals surface area contributed by atoms with Crippen molar-refractivity contribution in [1.82, 2.24) is 15.2 Å². The monoisotopic (exact) mass is 369 g/mol. The highest BCUT2D eigenvalue weighted by molar-refractivity contribution is 6.04. The molecule has 0 aliphatic heterocycles. The molecule has 27 heavy (non-hydrogen) atoms. The van der Waals surface area contributed by atoms with Gasteiger partial charge in [0, 0.05) is 11.9 Å². The minimum absolute atomic E-state index is 0.0567. The topological polar surface area (TPSA) is 133 Å². The number of amides is 1. The van der Waals surface area contributed by atoms with Crippen molar-refractivity contribution in [1.29, 1.82) is 0 Å². The van der Waals surface area contributed by atoms with E-state index in [1.54, 1.807) is 24.3 Å². The lowest BCUT2D eigenvalue weighted by atomic mass is 10.1. The molecule has 0 aliphatic rings. The van der Waals surface area contributed by atoms with Crippen molar-refractivity contribution in [3.63, 3.8) is 0 Å². The fourth-order valence-electron chi connectivity index (χ4n) is 2.48. The van der Waals surface area contributed by atoms with Crippen molar-refractivity contribution < 1.29 is 14.1 Å². The van der Waals surface area contributed by atoms with Gasteiger partial charge in [-0.1, -0.05) is 25.1 Å². The molecule has 0 bridgehead atoms. The molecule has 138 valence electrons. The van der Waals surface area contributed by atoms with Gasteiger partial charge in [-0.3, -0.25) is 19.7 Å². The minimum atomic E-state index is -0.678. The largest absolute Gasteiger partial charge is 0.433 e. The lowest BCUT2D eigenvalue weighted by Gasteiger charge is -2.09. The number of furan rings is 1. The van der Waals surface area contributed by atoms with E-state index in [0.29, 0.717) is 23.7 Å². The summed E-state index contributed by atoms with van der Waals surface area (Å²) in [6, 6.07) is 9.21. The predicted molar refractivity (Wildman–Crippen MR) is 96.7 cm³/mol.